The van der Waals surface area contributed by atoms with E-state index in [1.807, 2.05) is 30.5 Å². The van der Waals surface area contributed by atoms with E-state index in [2.05, 4.69) is 156 Å². The van der Waals surface area contributed by atoms with Crippen molar-refractivity contribution in [3.05, 3.63) is 136 Å². The Labute approximate surface area is 450 Å². The molecule has 6 aliphatic rings. The van der Waals surface area contributed by atoms with Crippen LogP contribution in [0.2, 0.25) is 10.0 Å². The molecule has 0 amide bonds. The monoisotopic (exact) mass is 1040 g/mol. The predicted octanol–water partition coefficient (Wildman–Crippen LogP) is 10.1. The molecular weight excluding hydrogens is 964 g/mol. The van der Waals surface area contributed by atoms with E-state index in [1.165, 1.54) is 24.0 Å². The summed E-state index contributed by atoms with van der Waals surface area (Å²) in [6.45, 7) is 13.5. The smallest absolute Gasteiger partial charge is 0.153 e. The average Bonchev–Trinajstić information content (AvgIpc) is 4.27. The fourth-order valence-corrected chi connectivity index (χ4v) is 16.2. The fourth-order valence-electron chi connectivity index (χ4n) is 15.9. The van der Waals surface area contributed by atoms with Crippen LogP contribution in [0, 0.1) is 16.7 Å². The number of nitrogens with one attached hydrogen (secondary N) is 2. The predicted molar refractivity (Wildman–Crippen MR) is 297 cm³/mol. The minimum atomic E-state index is -0.774. The van der Waals surface area contributed by atoms with Crippen LogP contribution in [0.1, 0.15) is 88.4 Å². The quantitative estimate of drug-likeness (QED) is 0.112. The Morgan fingerprint density at radius 3 is 2.28 bits per heavy atom. The first-order chi connectivity index (χ1) is 35.8. The highest BCUT2D eigenvalue weighted by Crippen LogP contribution is 2.63. The lowest BCUT2D eigenvalue weighted by atomic mass is 9.54. The lowest BCUT2D eigenvalue weighted by molar-refractivity contribution is -0.154. The largest absolute Gasteiger partial charge is 0.457 e. The van der Waals surface area contributed by atoms with E-state index in [4.69, 9.17) is 37.7 Å². The summed E-state index contributed by atoms with van der Waals surface area (Å²) >= 11 is 13.3. The Morgan fingerprint density at radius 2 is 1.57 bits per heavy atom. The number of piperidine rings is 1. The van der Waals surface area contributed by atoms with Crippen molar-refractivity contribution < 1.29 is 14.3 Å². The Balaban J connectivity index is 0.999. The molecule has 6 heterocycles. The zero-order valence-electron chi connectivity index (χ0n) is 44.8. The molecule has 11 nitrogen and oxygen atoms in total. The average molecular weight is 1040 g/mol. The van der Waals surface area contributed by atoms with E-state index in [9.17, 15) is 0 Å². The molecule has 2 bridgehead atoms. The van der Waals surface area contributed by atoms with Gasteiger partial charge in [-0.1, -0.05) is 78.7 Å². The third-order valence-corrected chi connectivity index (χ3v) is 20.0. The molecule has 5 aliphatic heterocycles. The number of likely N-dealkylation sites (N-methyl/N-ethyl adjacent to an activating group) is 2. The molecule has 1 aromatic heterocycles. The van der Waals surface area contributed by atoms with E-state index in [0.29, 0.717) is 24.0 Å². The number of nitrogens with zero attached hydrogens (tertiary/aromatic N) is 6. The molecule has 5 saturated heterocycles. The van der Waals surface area contributed by atoms with Crippen LogP contribution in [0.15, 0.2) is 103 Å². The summed E-state index contributed by atoms with van der Waals surface area (Å²) in [6, 6.07) is 33.9. The van der Waals surface area contributed by atoms with Crippen LogP contribution in [0.5, 0.6) is 11.5 Å². The van der Waals surface area contributed by atoms with Crippen LogP contribution in [0.4, 0.5) is 0 Å². The Kier molecular flexibility index (Phi) is 14.7. The first kappa shape index (κ1) is 51.9. The molecule has 4 aromatic carbocycles. The molecular formula is C61H78Cl2N8O3. The van der Waals surface area contributed by atoms with Crippen molar-refractivity contribution in [2.45, 2.75) is 140 Å². The molecule has 1 spiro atoms. The highest BCUT2D eigenvalue weighted by molar-refractivity contribution is 6.31. The Morgan fingerprint density at radius 1 is 0.851 bits per heavy atom. The zero-order chi connectivity index (χ0) is 51.6. The van der Waals surface area contributed by atoms with E-state index in [0.717, 1.165) is 90.9 Å². The zero-order valence-corrected chi connectivity index (χ0v) is 46.3. The van der Waals surface area contributed by atoms with Crippen LogP contribution in [-0.4, -0.2) is 137 Å². The maximum absolute atomic E-state index is 17.5. The van der Waals surface area contributed by atoms with Gasteiger partial charge in [-0.05, 0) is 158 Å². The molecule has 13 heteroatoms. The van der Waals surface area contributed by atoms with E-state index in [-0.39, 0.29) is 66.3 Å². The summed E-state index contributed by atoms with van der Waals surface area (Å²) in [5.41, 5.74) is 4.31. The molecule has 394 valence electrons. The topological polar surface area (TPSA) is 90.4 Å². The van der Waals surface area contributed by atoms with Crippen LogP contribution < -0.4 is 15.4 Å². The molecule has 11 rings (SSSR count). The van der Waals surface area contributed by atoms with Gasteiger partial charge in [0.15, 0.2) is 5.78 Å². The second-order valence-corrected chi connectivity index (χ2v) is 24.0. The van der Waals surface area contributed by atoms with Crippen molar-refractivity contribution in [2.24, 2.45) is 23.8 Å². The lowest BCUT2D eigenvalue weighted by Crippen LogP contribution is -2.73. The van der Waals surface area contributed by atoms with Crippen LogP contribution in [0.25, 0.3) is 11.3 Å². The lowest BCUT2D eigenvalue weighted by Gasteiger charge is -2.57. The number of carbonyl (C=O) groups excluding carboxylic acids is 1. The van der Waals surface area contributed by atoms with Crippen LogP contribution in [-0.2, 0) is 36.0 Å². The molecule has 13 atom stereocenters. The Hall–Kier alpha value is -4.14. The van der Waals surface area contributed by atoms with Crippen LogP contribution >= 0.6 is 23.2 Å². The van der Waals surface area contributed by atoms with Gasteiger partial charge in [0.05, 0.1) is 35.4 Å². The minimum Gasteiger partial charge on any atom is -0.457 e. The summed E-state index contributed by atoms with van der Waals surface area (Å²) in [4.78, 5) is 32.9. The summed E-state index contributed by atoms with van der Waals surface area (Å²) in [5, 5.41) is 9.85. The fraction of sp³-hybridized carbons (Fsp3) is 0.541. The van der Waals surface area contributed by atoms with Crippen LogP contribution in [0.3, 0.4) is 0 Å². The van der Waals surface area contributed by atoms with Gasteiger partial charge >= 0.3 is 0 Å². The van der Waals surface area contributed by atoms with Gasteiger partial charge in [-0.15, -0.1) is 0 Å². The highest BCUT2D eigenvalue weighted by Gasteiger charge is 2.77. The molecule has 1 saturated carbocycles. The summed E-state index contributed by atoms with van der Waals surface area (Å²) in [7, 11) is 8.54. The number of imidazole rings is 1. The Bertz CT molecular complexity index is 2770. The molecule has 74 heavy (non-hydrogen) atoms. The minimum absolute atomic E-state index is 0.00110. The standard InChI is InChI=1S/C61H78Cl2N8O3/c1-9-60-54-31-45(29-41-15-11-10-12-16-41)56(60)67(5)38(2)34-64-53-33-48(30-42-17-22-46(62)23-18-42)68(6)57-50(37-73-8)66-55(61(53,57)59(60)72)39(3)71(54)36-44-19-24-47(63)32-52(44)74-49-25-20-43(21-26-49)51-35-65-58(69(51)7)40(4)70-27-13-14-28-70/h10-12,15-26,32,35,38-40,45,48,50,53-57,64,66H,9,13-14,27-31,33-34,36-37H2,1-8H3/t38-,39-,40?,45+,48-,50+,53?,54?,55?,56?,57?,60?,61?/m0/s1. The summed E-state index contributed by atoms with van der Waals surface area (Å²) in [6.07, 6.45) is 8.75. The van der Waals surface area contributed by atoms with Gasteiger partial charge in [-0.3, -0.25) is 24.4 Å². The normalized spacial score (nSPS) is 33.0. The van der Waals surface area contributed by atoms with Crippen molar-refractivity contribution in [3.8, 4) is 22.8 Å². The second kappa shape index (κ2) is 21.0. The number of rotatable bonds is 14. The molecule has 2 N–H and O–H groups in total. The number of hydrogen-bond acceptors (Lipinski definition) is 10. The number of methoxy groups -OCH3 is 1. The number of Topliss-reactive ketones (excluding diaryl/α,β-unsaturated/α-hetero) is 1. The molecule has 0 radical (unpaired) electrons. The molecule has 1 aliphatic carbocycles. The van der Waals surface area contributed by atoms with E-state index < -0.39 is 10.8 Å². The van der Waals surface area contributed by atoms with Crippen molar-refractivity contribution in [3.63, 3.8) is 0 Å². The van der Waals surface area contributed by atoms with Gasteiger partial charge in [0.1, 0.15) is 17.3 Å². The van der Waals surface area contributed by atoms with Gasteiger partial charge < -0.3 is 24.7 Å². The molecule has 6 fully saturated rings. The first-order valence-electron chi connectivity index (χ1n) is 27.6. The third-order valence-electron chi connectivity index (χ3n) is 19.5. The van der Waals surface area contributed by atoms with Gasteiger partial charge in [0.25, 0.3) is 0 Å². The number of ether oxygens (including phenoxy) is 2. The molecule has 5 aromatic rings. The third kappa shape index (κ3) is 8.78. The molecule has 8 unspecified atom stereocenters. The number of likely N-dealkylation sites (tertiary alicyclic amines) is 3. The van der Waals surface area contributed by atoms with E-state index in [1.54, 1.807) is 7.11 Å². The number of ketones is 1. The van der Waals surface area contributed by atoms with Gasteiger partial charge in [-0.2, -0.15) is 0 Å². The number of benzene rings is 4. The summed E-state index contributed by atoms with van der Waals surface area (Å²) in [5.74, 6) is 3.22. The van der Waals surface area contributed by atoms with Crippen molar-refractivity contribution in [1.29, 1.82) is 0 Å². The highest BCUT2D eigenvalue weighted by atomic mass is 35.5. The van der Waals surface area contributed by atoms with Crippen molar-refractivity contribution in [2.75, 3.05) is 47.4 Å². The van der Waals surface area contributed by atoms with Gasteiger partial charge in [0.2, 0.25) is 0 Å². The van der Waals surface area contributed by atoms with Gasteiger partial charge in [-0.25, -0.2) is 4.98 Å². The van der Waals surface area contributed by atoms with Gasteiger partial charge in [0, 0.05) is 103 Å². The SMILES string of the molecule is CCC12C(=O)C34C5C[C@H](Cc6ccc(Cl)cc6)N(C)C3[C@@H](COC)NC4[C@H](C)N(Cc3ccc(Cl)cc3Oc3ccc(-c4cnc(C(C)N6CCCC6)n4C)cc3)C1C[C@@H](Cc1ccccc1)C2N(C)[C@@H](C)CN5. The van der Waals surface area contributed by atoms with Crippen molar-refractivity contribution >= 4 is 29.0 Å². The first-order valence-corrected chi connectivity index (χ1v) is 28.4. The second-order valence-electron chi connectivity index (χ2n) is 23.1. The number of carbonyl (C=O) groups is 1. The number of halogens is 2. The number of aromatic nitrogens is 2. The maximum atomic E-state index is 17.5. The van der Waals surface area contributed by atoms with Crippen molar-refractivity contribution in [1.82, 2.24) is 39.8 Å². The maximum Gasteiger partial charge on any atom is 0.153 e. The van der Waals surface area contributed by atoms with E-state index >= 15 is 4.79 Å². The summed E-state index contributed by atoms with van der Waals surface area (Å²) < 4.78 is 15.4. The number of hydrogen-bond donors (Lipinski definition) is 2.